The van der Waals surface area contributed by atoms with Gasteiger partial charge in [0.05, 0.1) is 5.56 Å². The molecule has 1 heterocycles. The number of carbonyl (C=O) groups is 2. The summed E-state index contributed by atoms with van der Waals surface area (Å²) >= 11 is 10.5. The van der Waals surface area contributed by atoms with Crippen LogP contribution in [0.1, 0.15) is 10.4 Å². The number of aromatic nitrogens is 1. The van der Waals surface area contributed by atoms with Crippen LogP contribution in [0, 0.1) is 0 Å². The topological polar surface area (TPSA) is 59.1 Å². The van der Waals surface area contributed by atoms with Gasteiger partial charge >= 0.3 is 0 Å². The van der Waals surface area contributed by atoms with E-state index in [1.807, 2.05) is 0 Å². The molecule has 0 fully saturated rings. The first-order chi connectivity index (χ1) is 6.63. The van der Waals surface area contributed by atoms with Gasteiger partial charge in [-0.15, -0.1) is 11.6 Å². The smallest absolute Gasteiger partial charge is 0.253 e. The molecule has 0 saturated carbocycles. The molecule has 0 aliphatic carbocycles. The van der Waals surface area contributed by atoms with Crippen molar-refractivity contribution in [3.63, 3.8) is 0 Å². The van der Waals surface area contributed by atoms with Gasteiger partial charge in [0, 0.05) is 6.20 Å². The van der Waals surface area contributed by atoms with Gasteiger partial charge in [0.2, 0.25) is 5.91 Å². The second kappa shape index (κ2) is 4.93. The molecule has 1 rings (SSSR count). The molecule has 0 aliphatic heterocycles. The van der Waals surface area contributed by atoms with Gasteiger partial charge in [0.25, 0.3) is 5.24 Å². The Morgan fingerprint density at radius 1 is 1.43 bits per heavy atom. The molecule has 6 heteroatoms. The minimum Gasteiger partial charge on any atom is -0.310 e. The predicted molar refractivity (Wildman–Crippen MR) is 53.8 cm³/mol. The second-order valence-electron chi connectivity index (χ2n) is 2.39. The summed E-state index contributed by atoms with van der Waals surface area (Å²) in [7, 11) is 0. The summed E-state index contributed by atoms with van der Waals surface area (Å²) in [4.78, 5) is 25.3. The molecule has 74 valence electrons. The molecule has 1 amide bonds. The fourth-order valence-corrected chi connectivity index (χ4v) is 0.939. The summed E-state index contributed by atoms with van der Waals surface area (Å²) in [6.07, 6.45) is 1.28. The first kappa shape index (κ1) is 10.9. The van der Waals surface area contributed by atoms with Crippen LogP contribution in [-0.4, -0.2) is 22.0 Å². The molecule has 14 heavy (non-hydrogen) atoms. The van der Waals surface area contributed by atoms with Crippen LogP contribution in [0.25, 0.3) is 0 Å². The number of alkyl halides is 1. The minimum atomic E-state index is -0.590. The standard InChI is InChI=1S/C8H6Cl2N2O2/c9-3-7(13)12-6-2-1-5(4-11-6)8(10)14/h1-2,4H,3H2,(H,11,12,13). The van der Waals surface area contributed by atoms with E-state index >= 15 is 0 Å². The number of pyridine rings is 1. The molecule has 1 N–H and O–H groups in total. The summed E-state index contributed by atoms with van der Waals surface area (Å²) in [5.74, 6) is -0.167. The molecule has 0 aliphatic rings. The van der Waals surface area contributed by atoms with E-state index in [0.29, 0.717) is 5.82 Å². The Balaban J connectivity index is 2.73. The highest BCUT2D eigenvalue weighted by Gasteiger charge is 2.04. The van der Waals surface area contributed by atoms with Crippen molar-refractivity contribution in [3.05, 3.63) is 23.9 Å². The number of rotatable bonds is 3. The lowest BCUT2D eigenvalue weighted by Gasteiger charge is -2.01. The zero-order valence-corrected chi connectivity index (χ0v) is 8.47. The second-order valence-corrected chi connectivity index (χ2v) is 3.00. The molecule has 0 unspecified atom stereocenters. The molecule has 0 spiro atoms. The van der Waals surface area contributed by atoms with E-state index in [1.165, 1.54) is 18.3 Å². The largest absolute Gasteiger partial charge is 0.310 e. The van der Waals surface area contributed by atoms with E-state index in [-0.39, 0.29) is 17.4 Å². The lowest BCUT2D eigenvalue weighted by Crippen LogP contribution is -2.13. The molecule has 0 aromatic carbocycles. The first-order valence-corrected chi connectivity index (χ1v) is 4.56. The van der Waals surface area contributed by atoms with Gasteiger partial charge < -0.3 is 5.32 Å². The van der Waals surface area contributed by atoms with Crippen LogP contribution in [0.4, 0.5) is 5.82 Å². The van der Waals surface area contributed by atoms with Gasteiger partial charge in [0.1, 0.15) is 11.7 Å². The third-order valence-electron chi connectivity index (χ3n) is 1.38. The summed E-state index contributed by atoms with van der Waals surface area (Å²) in [5, 5.41) is 1.83. The predicted octanol–water partition coefficient (Wildman–Crippen LogP) is 1.64. The fraction of sp³-hybridized carbons (Fsp3) is 0.125. The number of nitrogens with one attached hydrogen (secondary N) is 1. The number of amides is 1. The van der Waals surface area contributed by atoms with Crippen molar-refractivity contribution in [2.75, 3.05) is 11.2 Å². The van der Waals surface area contributed by atoms with Crippen LogP contribution in [0.2, 0.25) is 0 Å². The van der Waals surface area contributed by atoms with Gasteiger partial charge in [0.15, 0.2) is 0 Å². The quantitative estimate of drug-likeness (QED) is 0.637. The summed E-state index contributed by atoms with van der Waals surface area (Å²) in [6.45, 7) is 0. The van der Waals surface area contributed by atoms with Gasteiger partial charge in [-0.05, 0) is 23.7 Å². The summed E-state index contributed by atoms with van der Waals surface area (Å²) in [5.41, 5.74) is 0.274. The van der Waals surface area contributed by atoms with Gasteiger partial charge in [-0.1, -0.05) is 0 Å². The maximum absolute atomic E-state index is 10.8. The first-order valence-electron chi connectivity index (χ1n) is 3.65. The van der Waals surface area contributed by atoms with Crippen LogP contribution in [0.3, 0.4) is 0 Å². The Morgan fingerprint density at radius 2 is 2.14 bits per heavy atom. The Bertz CT molecular complexity index is 351. The maximum atomic E-state index is 10.8. The molecule has 4 nitrogen and oxygen atoms in total. The number of hydrogen-bond acceptors (Lipinski definition) is 3. The van der Waals surface area contributed by atoms with Crippen molar-refractivity contribution in [3.8, 4) is 0 Å². The molecule has 1 aromatic heterocycles. The van der Waals surface area contributed by atoms with Crippen molar-refractivity contribution in [2.45, 2.75) is 0 Å². The highest BCUT2D eigenvalue weighted by Crippen LogP contribution is 2.07. The van der Waals surface area contributed by atoms with Gasteiger partial charge in [-0.2, -0.15) is 0 Å². The Labute approximate surface area is 90.2 Å². The lowest BCUT2D eigenvalue weighted by atomic mass is 10.3. The SMILES string of the molecule is O=C(CCl)Nc1ccc(C(=O)Cl)cn1. The molecule has 0 saturated heterocycles. The van der Waals surface area contributed by atoms with E-state index in [2.05, 4.69) is 10.3 Å². The average Bonchev–Trinajstić information content (AvgIpc) is 2.18. The van der Waals surface area contributed by atoms with Gasteiger partial charge in [-0.3, -0.25) is 9.59 Å². The molecule has 1 aromatic rings. The molecular formula is C8H6Cl2N2O2. The third kappa shape index (κ3) is 2.97. The molecule has 0 atom stereocenters. The lowest BCUT2D eigenvalue weighted by molar-refractivity contribution is -0.113. The summed E-state index contributed by atoms with van der Waals surface area (Å²) in [6, 6.07) is 2.94. The number of hydrogen-bond donors (Lipinski definition) is 1. The van der Waals surface area contributed by atoms with E-state index < -0.39 is 5.24 Å². The average molecular weight is 233 g/mol. The highest BCUT2D eigenvalue weighted by atomic mass is 35.5. The van der Waals surface area contributed by atoms with Crippen molar-refractivity contribution >= 4 is 40.2 Å². The minimum absolute atomic E-state index is 0.141. The Kier molecular flexibility index (Phi) is 3.85. The van der Waals surface area contributed by atoms with E-state index in [9.17, 15) is 9.59 Å². The van der Waals surface area contributed by atoms with E-state index in [1.54, 1.807) is 0 Å². The maximum Gasteiger partial charge on any atom is 0.253 e. The van der Waals surface area contributed by atoms with Crippen LogP contribution >= 0.6 is 23.2 Å². The third-order valence-corrected chi connectivity index (χ3v) is 1.84. The van der Waals surface area contributed by atoms with Crippen LogP contribution < -0.4 is 5.32 Å². The Hall–Kier alpha value is -1.13. The van der Waals surface area contributed by atoms with Crippen molar-refractivity contribution < 1.29 is 9.59 Å². The van der Waals surface area contributed by atoms with Crippen molar-refractivity contribution in [2.24, 2.45) is 0 Å². The zero-order chi connectivity index (χ0) is 10.6. The van der Waals surface area contributed by atoms with E-state index in [4.69, 9.17) is 23.2 Å². The molecule has 0 radical (unpaired) electrons. The summed E-state index contributed by atoms with van der Waals surface area (Å²) < 4.78 is 0. The highest BCUT2D eigenvalue weighted by molar-refractivity contribution is 6.67. The molecule has 0 bridgehead atoms. The van der Waals surface area contributed by atoms with Gasteiger partial charge in [-0.25, -0.2) is 4.98 Å². The van der Waals surface area contributed by atoms with Crippen LogP contribution in [0.15, 0.2) is 18.3 Å². The molecular weight excluding hydrogens is 227 g/mol. The van der Waals surface area contributed by atoms with Crippen molar-refractivity contribution in [1.82, 2.24) is 4.98 Å². The zero-order valence-electron chi connectivity index (χ0n) is 6.96. The number of halogens is 2. The van der Waals surface area contributed by atoms with E-state index in [0.717, 1.165) is 0 Å². The van der Waals surface area contributed by atoms with Crippen molar-refractivity contribution in [1.29, 1.82) is 0 Å². The number of nitrogens with zero attached hydrogens (tertiary/aromatic N) is 1. The normalized spacial score (nSPS) is 9.57. The fourth-order valence-electron chi connectivity index (χ4n) is 0.760. The number of carbonyl (C=O) groups excluding carboxylic acids is 2. The van der Waals surface area contributed by atoms with Crippen LogP contribution in [-0.2, 0) is 4.79 Å². The van der Waals surface area contributed by atoms with Crippen LogP contribution in [0.5, 0.6) is 0 Å². The Morgan fingerprint density at radius 3 is 2.57 bits per heavy atom. The monoisotopic (exact) mass is 232 g/mol. The number of anilines is 1.